The van der Waals surface area contributed by atoms with E-state index in [2.05, 4.69) is 0 Å². The average molecular weight is 424 g/mol. The minimum absolute atomic E-state index is 0.0477. The van der Waals surface area contributed by atoms with Crippen molar-refractivity contribution in [3.05, 3.63) is 59.7 Å². The third-order valence-corrected chi connectivity index (χ3v) is 6.55. The van der Waals surface area contributed by atoms with Crippen molar-refractivity contribution in [1.29, 1.82) is 0 Å². The molecule has 156 valence electrons. The highest BCUT2D eigenvalue weighted by Crippen LogP contribution is 2.24. The van der Waals surface area contributed by atoms with Crippen LogP contribution in [0.4, 0.5) is 8.78 Å². The summed E-state index contributed by atoms with van der Waals surface area (Å²) < 4.78 is 59.7. The lowest BCUT2D eigenvalue weighted by atomic mass is 10.1. The summed E-state index contributed by atoms with van der Waals surface area (Å²) in [5, 5.41) is 0. The van der Waals surface area contributed by atoms with Crippen LogP contribution in [-0.4, -0.2) is 56.3 Å². The van der Waals surface area contributed by atoms with Crippen molar-refractivity contribution in [3.8, 4) is 5.75 Å². The predicted molar refractivity (Wildman–Crippen MR) is 103 cm³/mol. The Morgan fingerprint density at radius 2 is 1.66 bits per heavy atom. The molecular weight excluding hydrogens is 402 g/mol. The van der Waals surface area contributed by atoms with Crippen molar-refractivity contribution in [2.45, 2.75) is 18.2 Å². The van der Waals surface area contributed by atoms with Crippen LogP contribution in [0.5, 0.6) is 5.75 Å². The van der Waals surface area contributed by atoms with Crippen molar-refractivity contribution in [2.24, 2.45) is 0 Å². The number of hydrogen-bond acceptors (Lipinski definition) is 4. The molecule has 1 saturated heterocycles. The molecule has 29 heavy (non-hydrogen) atoms. The van der Waals surface area contributed by atoms with Crippen LogP contribution >= 0.6 is 0 Å². The van der Waals surface area contributed by atoms with Crippen LogP contribution in [0.25, 0.3) is 0 Å². The number of hydrogen-bond donors (Lipinski definition) is 0. The second-order valence-corrected chi connectivity index (χ2v) is 8.50. The maximum atomic E-state index is 13.9. The summed E-state index contributed by atoms with van der Waals surface area (Å²) in [5.41, 5.74) is 0.440. The molecule has 0 aromatic heterocycles. The first-order chi connectivity index (χ1) is 13.8. The van der Waals surface area contributed by atoms with Crippen molar-refractivity contribution in [3.63, 3.8) is 0 Å². The Hall–Kier alpha value is -2.52. The van der Waals surface area contributed by atoms with Crippen molar-refractivity contribution >= 4 is 15.9 Å². The van der Waals surface area contributed by atoms with E-state index in [-0.39, 0.29) is 32.1 Å². The molecule has 0 aliphatic carbocycles. The van der Waals surface area contributed by atoms with Crippen LogP contribution in [0.1, 0.15) is 23.7 Å². The zero-order chi connectivity index (χ0) is 21.0. The minimum Gasteiger partial charge on any atom is -0.494 e. The summed E-state index contributed by atoms with van der Waals surface area (Å²) >= 11 is 0. The van der Waals surface area contributed by atoms with E-state index in [1.54, 1.807) is 24.3 Å². The van der Waals surface area contributed by atoms with Crippen LogP contribution in [0.2, 0.25) is 0 Å². The molecular formula is C20H22F2N2O4S. The second-order valence-electron chi connectivity index (χ2n) is 6.62. The highest BCUT2D eigenvalue weighted by Gasteiger charge is 2.34. The molecule has 6 nitrogen and oxygen atoms in total. The highest BCUT2D eigenvalue weighted by molar-refractivity contribution is 7.89. The first kappa shape index (κ1) is 21.2. The van der Waals surface area contributed by atoms with Gasteiger partial charge in [-0.15, -0.1) is 0 Å². The first-order valence-corrected chi connectivity index (χ1v) is 10.7. The summed E-state index contributed by atoms with van der Waals surface area (Å²) in [6, 6.07) is 9.72. The molecule has 0 radical (unpaired) electrons. The van der Waals surface area contributed by atoms with Crippen LogP contribution in [0, 0.1) is 11.6 Å². The van der Waals surface area contributed by atoms with Gasteiger partial charge in [-0.3, -0.25) is 4.79 Å². The molecule has 1 aliphatic rings. The molecule has 1 aliphatic heterocycles. The number of rotatable bonds is 6. The van der Waals surface area contributed by atoms with Gasteiger partial charge in [0, 0.05) is 31.7 Å². The van der Waals surface area contributed by atoms with E-state index >= 15 is 0 Å². The third kappa shape index (κ3) is 4.56. The SMILES string of the molecule is CCCOc1cccc(C(=O)N2CCN(S(=O)(=O)c3c(F)cccc3F)CC2)c1. The van der Waals surface area contributed by atoms with Gasteiger partial charge in [0.25, 0.3) is 5.91 Å². The zero-order valence-corrected chi connectivity index (χ0v) is 16.8. The standard InChI is InChI=1S/C20H22F2N2O4S/c1-2-13-28-16-6-3-5-15(14-16)20(25)23-9-11-24(12-10-23)29(26,27)19-17(21)7-4-8-18(19)22/h3-8,14H,2,9-13H2,1H3. The molecule has 0 bridgehead atoms. The number of nitrogens with zero attached hydrogens (tertiary/aromatic N) is 2. The molecule has 2 aromatic rings. The summed E-state index contributed by atoms with van der Waals surface area (Å²) in [7, 11) is -4.33. The highest BCUT2D eigenvalue weighted by atomic mass is 32.2. The lowest BCUT2D eigenvalue weighted by Gasteiger charge is -2.34. The molecule has 0 spiro atoms. The zero-order valence-electron chi connectivity index (χ0n) is 16.0. The van der Waals surface area contributed by atoms with Gasteiger partial charge < -0.3 is 9.64 Å². The predicted octanol–water partition coefficient (Wildman–Crippen LogP) is 2.90. The Labute approximate surface area is 168 Å². The number of halogens is 2. The Morgan fingerprint density at radius 1 is 1.03 bits per heavy atom. The van der Waals surface area contributed by atoms with Crippen molar-refractivity contribution < 1.29 is 26.7 Å². The Morgan fingerprint density at radius 3 is 2.28 bits per heavy atom. The first-order valence-electron chi connectivity index (χ1n) is 9.31. The minimum atomic E-state index is -4.33. The number of ether oxygens (including phenoxy) is 1. The maximum Gasteiger partial charge on any atom is 0.254 e. The number of sulfonamides is 1. The van der Waals surface area contributed by atoms with Gasteiger partial charge in [0.05, 0.1) is 6.61 Å². The number of amides is 1. The van der Waals surface area contributed by atoms with Crippen LogP contribution in [0.3, 0.4) is 0 Å². The quantitative estimate of drug-likeness (QED) is 0.715. The molecule has 0 saturated carbocycles. The number of benzene rings is 2. The van der Waals surface area contributed by atoms with Crippen LogP contribution in [-0.2, 0) is 10.0 Å². The average Bonchev–Trinajstić information content (AvgIpc) is 2.71. The van der Waals surface area contributed by atoms with Gasteiger partial charge in [-0.05, 0) is 36.8 Å². The van der Waals surface area contributed by atoms with Crippen molar-refractivity contribution in [1.82, 2.24) is 9.21 Å². The van der Waals surface area contributed by atoms with E-state index in [0.717, 1.165) is 28.9 Å². The molecule has 0 atom stereocenters. The normalized spacial score (nSPS) is 15.3. The van der Waals surface area contributed by atoms with Gasteiger partial charge in [-0.1, -0.05) is 19.1 Å². The molecule has 9 heteroatoms. The summed E-state index contributed by atoms with van der Waals surface area (Å²) in [5.74, 6) is -1.92. The Balaban J connectivity index is 1.70. The number of carbonyl (C=O) groups excluding carboxylic acids is 1. The monoisotopic (exact) mass is 424 g/mol. The van der Waals surface area contributed by atoms with Crippen LogP contribution < -0.4 is 4.74 Å². The lowest BCUT2D eigenvalue weighted by Crippen LogP contribution is -2.50. The van der Waals surface area contributed by atoms with Crippen LogP contribution in [0.15, 0.2) is 47.4 Å². The number of piperazine rings is 1. The lowest BCUT2D eigenvalue weighted by molar-refractivity contribution is 0.0697. The van der Waals surface area contributed by atoms with Gasteiger partial charge in [-0.2, -0.15) is 4.31 Å². The molecule has 1 amide bonds. The molecule has 2 aromatic carbocycles. The molecule has 0 unspecified atom stereocenters. The van der Waals surface area contributed by atoms with E-state index in [9.17, 15) is 22.0 Å². The molecule has 1 heterocycles. The van der Waals surface area contributed by atoms with E-state index in [4.69, 9.17) is 4.74 Å². The van der Waals surface area contributed by atoms with E-state index in [1.165, 1.54) is 4.90 Å². The molecule has 1 fully saturated rings. The Bertz CT molecular complexity index is 969. The van der Waals surface area contributed by atoms with Gasteiger partial charge >= 0.3 is 0 Å². The third-order valence-electron chi connectivity index (χ3n) is 4.60. The van der Waals surface area contributed by atoms with E-state index < -0.39 is 26.6 Å². The topological polar surface area (TPSA) is 66.9 Å². The smallest absolute Gasteiger partial charge is 0.254 e. The second kappa shape index (κ2) is 8.87. The Kier molecular flexibility index (Phi) is 6.49. The summed E-state index contributed by atoms with van der Waals surface area (Å²) in [4.78, 5) is 13.3. The van der Waals surface area contributed by atoms with Gasteiger partial charge in [0.15, 0.2) is 4.90 Å². The fourth-order valence-electron chi connectivity index (χ4n) is 3.11. The van der Waals surface area contributed by atoms with Gasteiger partial charge in [0.1, 0.15) is 17.4 Å². The van der Waals surface area contributed by atoms with Crippen molar-refractivity contribution in [2.75, 3.05) is 32.8 Å². The fourth-order valence-corrected chi connectivity index (χ4v) is 4.64. The molecule has 0 N–H and O–H groups in total. The summed E-state index contributed by atoms with van der Waals surface area (Å²) in [6.07, 6.45) is 0.844. The fraction of sp³-hybridized carbons (Fsp3) is 0.350. The largest absolute Gasteiger partial charge is 0.494 e. The van der Waals surface area contributed by atoms with E-state index in [0.29, 0.717) is 17.9 Å². The van der Waals surface area contributed by atoms with Gasteiger partial charge in [-0.25, -0.2) is 17.2 Å². The van der Waals surface area contributed by atoms with Gasteiger partial charge in [0.2, 0.25) is 10.0 Å². The summed E-state index contributed by atoms with van der Waals surface area (Å²) in [6.45, 7) is 2.67. The van der Waals surface area contributed by atoms with E-state index in [1.807, 2.05) is 6.92 Å². The number of carbonyl (C=O) groups is 1. The molecule has 3 rings (SSSR count). The maximum absolute atomic E-state index is 13.9.